The predicted octanol–water partition coefficient (Wildman–Crippen LogP) is 1.44. The molecule has 0 heterocycles. The van der Waals surface area contributed by atoms with Crippen molar-refractivity contribution in [3.8, 4) is 0 Å². The summed E-state index contributed by atoms with van der Waals surface area (Å²) in [5.74, 6) is 0. The van der Waals surface area contributed by atoms with E-state index in [-0.39, 0.29) is 5.54 Å². The molecular formula is C7H13N. The third-order valence-corrected chi connectivity index (χ3v) is 1.58. The van der Waals surface area contributed by atoms with Gasteiger partial charge in [0.25, 0.3) is 0 Å². The number of hydrogen-bond donors (Lipinski definition) is 1. The molecule has 2 N–H and O–H groups in total. The molecule has 0 aromatic rings. The lowest BCUT2D eigenvalue weighted by Crippen LogP contribution is -2.34. The Morgan fingerprint density at radius 1 is 1.62 bits per heavy atom. The van der Waals surface area contributed by atoms with Crippen LogP contribution in [0.5, 0.6) is 0 Å². The first-order chi connectivity index (χ1) is 3.71. The monoisotopic (exact) mass is 111 g/mol. The van der Waals surface area contributed by atoms with Crippen LogP contribution in [-0.2, 0) is 0 Å². The van der Waals surface area contributed by atoms with E-state index in [0.29, 0.717) is 0 Å². The van der Waals surface area contributed by atoms with Crippen LogP contribution < -0.4 is 5.73 Å². The maximum atomic E-state index is 5.79. The summed E-state index contributed by atoms with van der Waals surface area (Å²) in [7, 11) is 0. The minimum absolute atomic E-state index is 0.00174. The molecule has 0 bridgehead atoms. The molecule has 1 rings (SSSR count). The van der Waals surface area contributed by atoms with E-state index in [4.69, 9.17) is 5.73 Å². The summed E-state index contributed by atoms with van der Waals surface area (Å²) >= 11 is 0. The topological polar surface area (TPSA) is 26.0 Å². The lowest BCUT2D eigenvalue weighted by molar-refractivity contribution is 0.493. The SMILES string of the molecule is C[C@]1(N)C=CCCC1. The Balaban J connectivity index is 2.56. The maximum absolute atomic E-state index is 5.79. The van der Waals surface area contributed by atoms with Crippen LogP contribution in [0.25, 0.3) is 0 Å². The second kappa shape index (κ2) is 1.90. The van der Waals surface area contributed by atoms with Gasteiger partial charge >= 0.3 is 0 Å². The molecular weight excluding hydrogens is 98.1 g/mol. The van der Waals surface area contributed by atoms with Gasteiger partial charge in [-0.3, -0.25) is 0 Å². The smallest absolute Gasteiger partial charge is 0.0310 e. The van der Waals surface area contributed by atoms with E-state index in [1.807, 2.05) is 0 Å². The van der Waals surface area contributed by atoms with E-state index in [0.717, 1.165) is 6.42 Å². The fourth-order valence-electron chi connectivity index (χ4n) is 1.04. The van der Waals surface area contributed by atoms with Crippen molar-refractivity contribution in [1.29, 1.82) is 0 Å². The normalized spacial score (nSPS) is 37.8. The van der Waals surface area contributed by atoms with Gasteiger partial charge in [0.05, 0.1) is 0 Å². The molecule has 0 saturated carbocycles. The van der Waals surface area contributed by atoms with Gasteiger partial charge in [-0.15, -0.1) is 0 Å². The van der Waals surface area contributed by atoms with E-state index >= 15 is 0 Å². The summed E-state index contributed by atoms with van der Waals surface area (Å²) in [6, 6.07) is 0. The van der Waals surface area contributed by atoms with Gasteiger partial charge in [0, 0.05) is 5.54 Å². The van der Waals surface area contributed by atoms with E-state index in [9.17, 15) is 0 Å². The number of allylic oxidation sites excluding steroid dienone is 1. The molecule has 8 heavy (non-hydrogen) atoms. The molecule has 0 unspecified atom stereocenters. The third-order valence-electron chi connectivity index (χ3n) is 1.58. The molecule has 46 valence electrons. The Labute approximate surface area is 50.6 Å². The van der Waals surface area contributed by atoms with E-state index in [1.165, 1.54) is 12.8 Å². The molecule has 0 fully saturated rings. The van der Waals surface area contributed by atoms with E-state index in [2.05, 4.69) is 19.1 Å². The average molecular weight is 111 g/mol. The number of rotatable bonds is 0. The molecule has 0 saturated heterocycles. The van der Waals surface area contributed by atoms with E-state index < -0.39 is 0 Å². The minimum Gasteiger partial charge on any atom is -0.322 e. The van der Waals surface area contributed by atoms with Crippen LogP contribution in [0.4, 0.5) is 0 Å². The van der Waals surface area contributed by atoms with Crippen LogP contribution >= 0.6 is 0 Å². The van der Waals surface area contributed by atoms with Gasteiger partial charge in [0.15, 0.2) is 0 Å². The fraction of sp³-hybridized carbons (Fsp3) is 0.714. The first kappa shape index (κ1) is 5.83. The van der Waals surface area contributed by atoms with Crippen LogP contribution in [0.3, 0.4) is 0 Å². The maximum Gasteiger partial charge on any atom is 0.0310 e. The lowest BCUT2D eigenvalue weighted by Gasteiger charge is -2.22. The van der Waals surface area contributed by atoms with Crippen LogP contribution in [0, 0.1) is 0 Å². The summed E-state index contributed by atoms with van der Waals surface area (Å²) in [5, 5.41) is 0. The standard InChI is InChI=1S/C7H13N/c1-7(8)5-3-2-4-6-7/h3,5H,2,4,6,8H2,1H3/t7-/m0/s1. The van der Waals surface area contributed by atoms with Crippen molar-refractivity contribution in [3.63, 3.8) is 0 Å². The second-order valence-corrected chi connectivity index (χ2v) is 2.80. The van der Waals surface area contributed by atoms with Gasteiger partial charge in [-0.1, -0.05) is 12.2 Å². The van der Waals surface area contributed by atoms with Crippen molar-refractivity contribution in [2.45, 2.75) is 31.7 Å². The van der Waals surface area contributed by atoms with Crippen LogP contribution in [0.2, 0.25) is 0 Å². The van der Waals surface area contributed by atoms with Crippen molar-refractivity contribution < 1.29 is 0 Å². The lowest BCUT2D eigenvalue weighted by atomic mass is 9.91. The van der Waals surface area contributed by atoms with Gasteiger partial charge in [-0.05, 0) is 26.2 Å². The molecule has 1 nitrogen and oxygen atoms in total. The van der Waals surface area contributed by atoms with Crippen LogP contribution in [-0.4, -0.2) is 5.54 Å². The van der Waals surface area contributed by atoms with Crippen molar-refractivity contribution in [2.24, 2.45) is 5.73 Å². The van der Waals surface area contributed by atoms with Crippen LogP contribution in [0.15, 0.2) is 12.2 Å². The Hall–Kier alpha value is -0.300. The molecule has 0 aliphatic heterocycles. The highest BCUT2D eigenvalue weighted by atomic mass is 14.7. The quantitative estimate of drug-likeness (QED) is 0.470. The highest BCUT2D eigenvalue weighted by Gasteiger charge is 2.15. The second-order valence-electron chi connectivity index (χ2n) is 2.80. The fourth-order valence-corrected chi connectivity index (χ4v) is 1.04. The first-order valence-electron chi connectivity index (χ1n) is 3.17. The molecule has 0 amide bonds. The van der Waals surface area contributed by atoms with Crippen molar-refractivity contribution in [2.75, 3.05) is 0 Å². The van der Waals surface area contributed by atoms with Gasteiger partial charge in [-0.2, -0.15) is 0 Å². The zero-order valence-electron chi connectivity index (χ0n) is 5.35. The summed E-state index contributed by atoms with van der Waals surface area (Å²) in [6.45, 7) is 2.07. The van der Waals surface area contributed by atoms with Crippen molar-refractivity contribution >= 4 is 0 Å². The zero-order valence-corrected chi connectivity index (χ0v) is 5.35. The van der Waals surface area contributed by atoms with Crippen molar-refractivity contribution in [1.82, 2.24) is 0 Å². The minimum atomic E-state index is -0.00174. The van der Waals surface area contributed by atoms with Gasteiger partial charge < -0.3 is 5.73 Å². The molecule has 0 aromatic heterocycles. The molecule has 0 aromatic carbocycles. The molecule has 1 aliphatic rings. The molecule has 1 heteroatoms. The summed E-state index contributed by atoms with van der Waals surface area (Å²) in [6.07, 6.45) is 7.89. The number of nitrogens with two attached hydrogens (primary N) is 1. The van der Waals surface area contributed by atoms with Gasteiger partial charge in [-0.25, -0.2) is 0 Å². The molecule has 0 radical (unpaired) electrons. The Morgan fingerprint density at radius 3 is 2.62 bits per heavy atom. The molecule has 1 atom stereocenters. The highest BCUT2D eigenvalue weighted by molar-refractivity contribution is 5.05. The predicted molar refractivity (Wildman–Crippen MR) is 35.6 cm³/mol. The van der Waals surface area contributed by atoms with Gasteiger partial charge in [0.2, 0.25) is 0 Å². The summed E-state index contributed by atoms with van der Waals surface area (Å²) in [4.78, 5) is 0. The summed E-state index contributed by atoms with van der Waals surface area (Å²) < 4.78 is 0. The van der Waals surface area contributed by atoms with E-state index in [1.54, 1.807) is 0 Å². The largest absolute Gasteiger partial charge is 0.322 e. The average Bonchev–Trinajstić information content (AvgIpc) is 1.65. The Bertz CT molecular complexity index is 103. The Morgan fingerprint density at radius 2 is 2.38 bits per heavy atom. The highest BCUT2D eigenvalue weighted by Crippen LogP contribution is 2.17. The Kier molecular flexibility index (Phi) is 1.39. The molecule has 1 aliphatic carbocycles. The van der Waals surface area contributed by atoms with Crippen molar-refractivity contribution in [3.05, 3.63) is 12.2 Å². The number of hydrogen-bond acceptors (Lipinski definition) is 1. The summed E-state index contributed by atoms with van der Waals surface area (Å²) in [5.41, 5.74) is 5.79. The zero-order chi connectivity index (χ0) is 6.04. The van der Waals surface area contributed by atoms with Crippen LogP contribution in [0.1, 0.15) is 26.2 Å². The third kappa shape index (κ3) is 1.34. The molecule has 0 spiro atoms. The first-order valence-corrected chi connectivity index (χ1v) is 3.17. The van der Waals surface area contributed by atoms with Gasteiger partial charge in [0.1, 0.15) is 0 Å².